The van der Waals surface area contributed by atoms with Gasteiger partial charge in [-0.1, -0.05) is 12.1 Å². The van der Waals surface area contributed by atoms with Crippen molar-refractivity contribution in [3.63, 3.8) is 0 Å². The molecule has 6 heteroatoms. The number of carbonyl (C=O) groups excluding carboxylic acids is 1. The number of hydrogen-bond donors (Lipinski definition) is 2. The predicted octanol–water partition coefficient (Wildman–Crippen LogP) is 3.01. The molecule has 2 aromatic carbocycles. The van der Waals surface area contributed by atoms with E-state index in [0.29, 0.717) is 21.4 Å². The molecule has 0 saturated heterocycles. The van der Waals surface area contributed by atoms with Gasteiger partial charge in [0.05, 0.1) is 11.3 Å². The number of nitrogens with zero attached hydrogens (tertiary/aromatic N) is 1. The number of anilines is 2. The van der Waals surface area contributed by atoms with E-state index < -0.39 is 5.97 Å². The van der Waals surface area contributed by atoms with E-state index in [1.165, 1.54) is 18.0 Å². The number of halogens is 1. The average Bonchev–Trinajstić information content (AvgIpc) is 2.48. The van der Waals surface area contributed by atoms with Gasteiger partial charge < -0.3 is 15.7 Å². The number of aromatic carboxylic acids is 1. The Labute approximate surface area is 130 Å². The van der Waals surface area contributed by atoms with Crippen LogP contribution < -0.4 is 10.6 Å². The van der Waals surface area contributed by atoms with Gasteiger partial charge in [-0.05, 0) is 46.3 Å². The zero-order valence-corrected chi connectivity index (χ0v) is 12.8. The third-order valence-electron chi connectivity index (χ3n) is 3.05. The molecule has 0 saturated carbocycles. The molecule has 2 rings (SSSR count). The summed E-state index contributed by atoms with van der Waals surface area (Å²) < 4.78 is 0.619. The van der Waals surface area contributed by atoms with Crippen molar-refractivity contribution in [3.8, 4) is 0 Å². The summed E-state index contributed by atoms with van der Waals surface area (Å²) in [7, 11) is 1.54. The van der Waals surface area contributed by atoms with E-state index in [1.807, 2.05) is 0 Å². The first-order chi connectivity index (χ1) is 9.91. The van der Waals surface area contributed by atoms with Gasteiger partial charge in [0.25, 0.3) is 5.91 Å². The van der Waals surface area contributed by atoms with Gasteiger partial charge in [-0.25, -0.2) is 4.79 Å². The fourth-order valence-electron chi connectivity index (χ4n) is 1.91. The molecule has 3 N–H and O–H groups in total. The summed E-state index contributed by atoms with van der Waals surface area (Å²) in [4.78, 5) is 25.0. The Morgan fingerprint density at radius 2 is 1.86 bits per heavy atom. The molecular weight excluding hydrogens is 336 g/mol. The lowest BCUT2D eigenvalue weighted by Crippen LogP contribution is -2.27. The minimum Gasteiger partial charge on any atom is -0.478 e. The van der Waals surface area contributed by atoms with Crippen molar-refractivity contribution in [1.29, 1.82) is 0 Å². The van der Waals surface area contributed by atoms with Crippen LogP contribution in [0.15, 0.2) is 46.9 Å². The van der Waals surface area contributed by atoms with Crippen LogP contribution in [0.3, 0.4) is 0 Å². The molecule has 108 valence electrons. The number of carboxylic acids is 1. The van der Waals surface area contributed by atoms with Crippen molar-refractivity contribution in [2.24, 2.45) is 0 Å². The molecule has 0 unspecified atom stereocenters. The van der Waals surface area contributed by atoms with Gasteiger partial charge in [0.2, 0.25) is 0 Å². The molecule has 0 bridgehead atoms. The number of hydrogen-bond acceptors (Lipinski definition) is 3. The fourth-order valence-corrected chi connectivity index (χ4v) is 2.29. The smallest absolute Gasteiger partial charge is 0.337 e. The van der Waals surface area contributed by atoms with Crippen molar-refractivity contribution in [3.05, 3.63) is 58.1 Å². The summed E-state index contributed by atoms with van der Waals surface area (Å²) in [5, 5.41) is 9.19. The Hall–Kier alpha value is -2.34. The molecule has 0 aliphatic heterocycles. The molecule has 21 heavy (non-hydrogen) atoms. The number of nitrogen functional groups attached to an aromatic ring is 1. The number of carboxylic acid groups (broad SMARTS) is 1. The van der Waals surface area contributed by atoms with E-state index in [1.54, 1.807) is 36.4 Å². The van der Waals surface area contributed by atoms with E-state index in [4.69, 9.17) is 5.73 Å². The van der Waals surface area contributed by atoms with Crippen molar-refractivity contribution >= 4 is 39.2 Å². The molecule has 0 aliphatic rings. The number of rotatable bonds is 3. The van der Waals surface area contributed by atoms with Gasteiger partial charge >= 0.3 is 5.97 Å². The van der Waals surface area contributed by atoms with Crippen LogP contribution in [0.5, 0.6) is 0 Å². The van der Waals surface area contributed by atoms with Crippen LogP contribution in [-0.2, 0) is 0 Å². The molecule has 0 heterocycles. The molecule has 0 spiro atoms. The Bertz CT molecular complexity index is 716. The van der Waals surface area contributed by atoms with Crippen LogP contribution in [0.2, 0.25) is 0 Å². The molecule has 0 aromatic heterocycles. The summed E-state index contributed by atoms with van der Waals surface area (Å²) in [6.07, 6.45) is 0. The first-order valence-electron chi connectivity index (χ1n) is 6.07. The topological polar surface area (TPSA) is 83.6 Å². The normalized spacial score (nSPS) is 10.2. The van der Waals surface area contributed by atoms with Crippen molar-refractivity contribution in [1.82, 2.24) is 0 Å². The van der Waals surface area contributed by atoms with E-state index in [2.05, 4.69) is 15.9 Å². The lowest BCUT2D eigenvalue weighted by Gasteiger charge is -2.19. The minimum absolute atomic E-state index is 0.0721. The zero-order valence-electron chi connectivity index (χ0n) is 11.2. The zero-order chi connectivity index (χ0) is 15.6. The van der Waals surface area contributed by atoms with Crippen LogP contribution in [0.4, 0.5) is 11.4 Å². The standard InChI is InChI=1S/C15H13BrN2O3/c1-18(13-5-3-2-4-10(13)15(20)21)14(19)9-6-7-12(17)11(16)8-9/h2-8H,17H2,1H3,(H,20,21). The summed E-state index contributed by atoms with van der Waals surface area (Å²) in [5.41, 5.74) is 7.04. The number of benzene rings is 2. The monoisotopic (exact) mass is 348 g/mol. The minimum atomic E-state index is -1.08. The van der Waals surface area contributed by atoms with Gasteiger partial charge in [0.15, 0.2) is 0 Å². The second kappa shape index (κ2) is 5.97. The highest BCUT2D eigenvalue weighted by molar-refractivity contribution is 9.10. The van der Waals surface area contributed by atoms with Crippen LogP contribution in [0.25, 0.3) is 0 Å². The molecule has 0 fully saturated rings. The van der Waals surface area contributed by atoms with Crippen LogP contribution in [0.1, 0.15) is 20.7 Å². The first kappa shape index (κ1) is 15.1. The maximum Gasteiger partial charge on any atom is 0.337 e. The average molecular weight is 349 g/mol. The van der Waals surface area contributed by atoms with E-state index in [9.17, 15) is 14.7 Å². The second-order valence-corrected chi connectivity index (χ2v) is 5.28. The maximum absolute atomic E-state index is 12.5. The van der Waals surface area contributed by atoms with Gasteiger partial charge in [-0.2, -0.15) is 0 Å². The number of carbonyl (C=O) groups is 2. The Balaban J connectivity index is 2.40. The molecule has 2 aromatic rings. The Morgan fingerprint density at radius 3 is 2.48 bits per heavy atom. The van der Waals surface area contributed by atoms with Crippen molar-refractivity contribution in [2.45, 2.75) is 0 Å². The van der Waals surface area contributed by atoms with Gasteiger partial charge in [0.1, 0.15) is 0 Å². The number of amides is 1. The summed E-state index contributed by atoms with van der Waals surface area (Å²) in [6.45, 7) is 0. The fraction of sp³-hybridized carbons (Fsp3) is 0.0667. The SMILES string of the molecule is CN(C(=O)c1ccc(N)c(Br)c1)c1ccccc1C(=O)O. The first-order valence-corrected chi connectivity index (χ1v) is 6.86. The third kappa shape index (κ3) is 3.05. The largest absolute Gasteiger partial charge is 0.478 e. The lowest BCUT2D eigenvalue weighted by molar-refractivity contribution is 0.0697. The molecule has 0 atom stereocenters. The second-order valence-electron chi connectivity index (χ2n) is 4.42. The van der Waals surface area contributed by atoms with Crippen LogP contribution >= 0.6 is 15.9 Å². The van der Waals surface area contributed by atoms with Crippen molar-refractivity contribution in [2.75, 3.05) is 17.7 Å². The maximum atomic E-state index is 12.5. The van der Waals surface area contributed by atoms with E-state index in [0.717, 1.165) is 0 Å². The van der Waals surface area contributed by atoms with Crippen molar-refractivity contribution < 1.29 is 14.7 Å². The molecular formula is C15H13BrN2O3. The molecule has 1 amide bonds. The molecule has 0 radical (unpaired) electrons. The van der Waals surface area contributed by atoms with Crippen LogP contribution in [0, 0.1) is 0 Å². The van der Waals surface area contributed by atoms with E-state index >= 15 is 0 Å². The van der Waals surface area contributed by atoms with E-state index in [-0.39, 0.29) is 11.5 Å². The highest BCUT2D eigenvalue weighted by atomic mass is 79.9. The predicted molar refractivity (Wildman–Crippen MR) is 84.7 cm³/mol. The van der Waals surface area contributed by atoms with Gasteiger partial charge in [-0.15, -0.1) is 0 Å². The number of para-hydroxylation sites is 1. The highest BCUT2D eigenvalue weighted by Crippen LogP contribution is 2.24. The summed E-state index contributed by atoms with van der Waals surface area (Å²) >= 11 is 3.27. The Kier molecular flexibility index (Phi) is 4.28. The highest BCUT2D eigenvalue weighted by Gasteiger charge is 2.19. The molecule has 5 nitrogen and oxygen atoms in total. The van der Waals surface area contributed by atoms with Crippen LogP contribution in [-0.4, -0.2) is 24.0 Å². The summed E-state index contributed by atoms with van der Waals surface area (Å²) in [6, 6.07) is 11.2. The van der Waals surface area contributed by atoms with Gasteiger partial charge in [0, 0.05) is 22.8 Å². The quantitative estimate of drug-likeness (QED) is 0.835. The molecule has 0 aliphatic carbocycles. The third-order valence-corrected chi connectivity index (χ3v) is 3.73. The Morgan fingerprint density at radius 1 is 1.19 bits per heavy atom. The lowest BCUT2D eigenvalue weighted by atomic mass is 10.1. The summed E-state index contributed by atoms with van der Waals surface area (Å²) in [5.74, 6) is -1.40. The number of nitrogens with two attached hydrogens (primary N) is 1. The van der Waals surface area contributed by atoms with Gasteiger partial charge in [-0.3, -0.25) is 4.79 Å².